The van der Waals surface area contributed by atoms with Gasteiger partial charge in [-0.3, -0.25) is 4.79 Å². The van der Waals surface area contributed by atoms with E-state index < -0.39 is 13.7 Å². The van der Waals surface area contributed by atoms with Crippen LogP contribution in [-0.2, 0) is 9.53 Å². The molecule has 4 heteroatoms. The van der Waals surface area contributed by atoms with Crippen molar-refractivity contribution in [3.8, 4) is 11.5 Å². The fourth-order valence-electron chi connectivity index (χ4n) is 2.02. The first kappa shape index (κ1) is 15.3. The second kappa shape index (κ2) is 5.90. The molecule has 18 heavy (non-hydrogen) atoms. The molecule has 0 aliphatic heterocycles. The smallest absolute Gasteiger partial charge is 0.308 e. The molecule has 0 radical (unpaired) electrons. The maximum atomic E-state index is 11.6. The Kier molecular flexibility index (Phi) is 5.00. The van der Waals surface area contributed by atoms with Crippen molar-refractivity contribution in [1.29, 1.82) is 0 Å². The van der Waals surface area contributed by atoms with E-state index in [2.05, 4.69) is 31.1 Å². The summed E-state index contributed by atoms with van der Waals surface area (Å²) < 4.78 is 5.01. The Morgan fingerprint density at radius 2 is 1.94 bits per heavy atom. The minimum atomic E-state index is -1.45. The summed E-state index contributed by atoms with van der Waals surface area (Å²) in [6.45, 7) is 8.72. The number of esters is 1. The lowest BCUT2D eigenvalue weighted by atomic mass is 9.79. The van der Waals surface area contributed by atoms with E-state index >= 15 is 0 Å². The van der Waals surface area contributed by atoms with Gasteiger partial charge in [-0.15, -0.1) is 5.54 Å². The minimum absolute atomic E-state index is 0.0566. The highest BCUT2D eigenvalue weighted by Crippen LogP contribution is 2.32. The van der Waals surface area contributed by atoms with Gasteiger partial charge in [0.1, 0.15) is 13.7 Å². The van der Waals surface area contributed by atoms with Crippen LogP contribution in [0.4, 0.5) is 0 Å². The molecule has 1 aliphatic rings. The van der Waals surface area contributed by atoms with E-state index in [9.17, 15) is 9.90 Å². The van der Waals surface area contributed by atoms with Crippen LogP contribution in [0.1, 0.15) is 32.6 Å². The van der Waals surface area contributed by atoms with Crippen LogP contribution in [0.15, 0.2) is 0 Å². The molecule has 0 saturated heterocycles. The van der Waals surface area contributed by atoms with E-state index in [4.69, 9.17) is 4.74 Å². The molecule has 0 atom stereocenters. The van der Waals surface area contributed by atoms with Gasteiger partial charge in [-0.05, 0) is 32.6 Å². The molecule has 0 spiro atoms. The van der Waals surface area contributed by atoms with Gasteiger partial charge in [0.05, 0.1) is 12.5 Å². The third-order valence-corrected chi connectivity index (χ3v) is 3.98. The molecular weight excluding hydrogens is 244 g/mol. The van der Waals surface area contributed by atoms with Gasteiger partial charge in [0.2, 0.25) is 0 Å². The van der Waals surface area contributed by atoms with Crippen molar-refractivity contribution in [2.75, 3.05) is 6.61 Å². The number of hydrogen-bond acceptors (Lipinski definition) is 3. The van der Waals surface area contributed by atoms with E-state index in [0.29, 0.717) is 32.3 Å². The summed E-state index contributed by atoms with van der Waals surface area (Å²) in [5.74, 6) is 2.86. The number of hydrogen-bond donors (Lipinski definition) is 1. The quantitative estimate of drug-likeness (QED) is 0.475. The van der Waals surface area contributed by atoms with Crippen LogP contribution < -0.4 is 0 Å². The highest BCUT2D eigenvalue weighted by Gasteiger charge is 2.35. The van der Waals surface area contributed by atoms with Gasteiger partial charge < -0.3 is 9.84 Å². The van der Waals surface area contributed by atoms with Gasteiger partial charge in [-0.2, -0.15) is 0 Å². The first-order chi connectivity index (χ1) is 8.26. The van der Waals surface area contributed by atoms with E-state index in [1.165, 1.54) is 0 Å². The van der Waals surface area contributed by atoms with E-state index in [0.717, 1.165) is 0 Å². The zero-order chi connectivity index (χ0) is 13.8. The predicted octanol–water partition coefficient (Wildman–Crippen LogP) is 2.35. The highest BCUT2D eigenvalue weighted by molar-refractivity contribution is 6.83. The Morgan fingerprint density at radius 1 is 1.39 bits per heavy atom. The van der Waals surface area contributed by atoms with Crippen molar-refractivity contribution >= 4 is 14.0 Å². The molecular formula is C14H24O3Si. The molecule has 0 unspecified atom stereocenters. The Labute approximate surface area is 111 Å². The largest absolute Gasteiger partial charge is 0.466 e. The van der Waals surface area contributed by atoms with Gasteiger partial charge in [0, 0.05) is 0 Å². The molecule has 0 bridgehead atoms. The van der Waals surface area contributed by atoms with Crippen LogP contribution in [-0.4, -0.2) is 31.4 Å². The molecule has 102 valence electrons. The SMILES string of the molecule is CCOC(=O)C1CCC(O)(C#C[Si](C)(C)C)CC1. The number of aliphatic hydroxyl groups is 1. The molecule has 1 rings (SSSR count). The van der Waals surface area contributed by atoms with Crippen LogP contribution in [0.25, 0.3) is 0 Å². The lowest BCUT2D eigenvalue weighted by molar-refractivity contribution is -0.150. The zero-order valence-electron chi connectivity index (χ0n) is 11.9. The lowest BCUT2D eigenvalue weighted by Crippen LogP contribution is -2.36. The van der Waals surface area contributed by atoms with Crippen LogP contribution in [0.3, 0.4) is 0 Å². The van der Waals surface area contributed by atoms with E-state index in [1.54, 1.807) is 0 Å². The van der Waals surface area contributed by atoms with Gasteiger partial charge in [0.15, 0.2) is 0 Å². The molecule has 1 saturated carbocycles. The number of rotatable bonds is 2. The third kappa shape index (κ3) is 4.83. The van der Waals surface area contributed by atoms with Crippen molar-refractivity contribution in [1.82, 2.24) is 0 Å². The highest BCUT2D eigenvalue weighted by atomic mass is 28.3. The van der Waals surface area contributed by atoms with Crippen LogP contribution >= 0.6 is 0 Å². The first-order valence-electron chi connectivity index (χ1n) is 6.69. The number of ether oxygens (including phenoxy) is 1. The topological polar surface area (TPSA) is 46.5 Å². The summed E-state index contributed by atoms with van der Waals surface area (Å²) in [6, 6.07) is 0. The minimum Gasteiger partial charge on any atom is -0.466 e. The number of carbonyl (C=O) groups is 1. The monoisotopic (exact) mass is 268 g/mol. The number of carbonyl (C=O) groups excluding carboxylic acids is 1. The molecule has 3 nitrogen and oxygen atoms in total. The Balaban J connectivity index is 2.56. The summed E-state index contributed by atoms with van der Waals surface area (Å²) in [4.78, 5) is 11.6. The van der Waals surface area contributed by atoms with Gasteiger partial charge >= 0.3 is 5.97 Å². The van der Waals surface area contributed by atoms with E-state index in [1.807, 2.05) is 6.92 Å². The summed E-state index contributed by atoms with van der Waals surface area (Å²) in [5.41, 5.74) is 2.34. The Morgan fingerprint density at radius 3 is 2.39 bits per heavy atom. The lowest BCUT2D eigenvalue weighted by Gasteiger charge is -2.31. The fourth-order valence-corrected chi connectivity index (χ4v) is 2.63. The molecule has 0 amide bonds. The molecule has 1 fully saturated rings. The third-order valence-electron chi connectivity index (χ3n) is 3.10. The van der Waals surface area contributed by atoms with Crippen LogP contribution in [0.2, 0.25) is 19.6 Å². The van der Waals surface area contributed by atoms with E-state index in [-0.39, 0.29) is 11.9 Å². The second-order valence-electron chi connectivity index (χ2n) is 6.06. The maximum Gasteiger partial charge on any atom is 0.308 e. The molecule has 1 aliphatic carbocycles. The molecule has 0 aromatic carbocycles. The second-order valence-corrected chi connectivity index (χ2v) is 10.8. The van der Waals surface area contributed by atoms with Crippen molar-refractivity contribution < 1.29 is 14.6 Å². The van der Waals surface area contributed by atoms with Crippen molar-refractivity contribution in [2.45, 2.75) is 57.8 Å². The van der Waals surface area contributed by atoms with Crippen molar-refractivity contribution in [2.24, 2.45) is 5.92 Å². The van der Waals surface area contributed by atoms with Crippen molar-refractivity contribution in [3.63, 3.8) is 0 Å². The van der Waals surface area contributed by atoms with Gasteiger partial charge in [0.25, 0.3) is 0 Å². The molecule has 1 N–H and O–H groups in total. The summed E-state index contributed by atoms with van der Waals surface area (Å²) in [7, 11) is -1.45. The Hall–Kier alpha value is -0.793. The normalized spacial score (nSPS) is 28.2. The molecule has 0 heterocycles. The maximum absolute atomic E-state index is 11.6. The summed E-state index contributed by atoms with van der Waals surface area (Å²) in [5, 5.41) is 10.4. The predicted molar refractivity (Wildman–Crippen MR) is 74.7 cm³/mol. The first-order valence-corrected chi connectivity index (χ1v) is 10.2. The average molecular weight is 268 g/mol. The average Bonchev–Trinajstić information content (AvgIpc) is 2.27. The van der Waals surface area contributed by atoms with Crippen molar-refractivity contribution in [3.05, 3.63) is 0 Å². The standard InChI is InChI=1S/C14H24O3Si/c1-5-17-13(15)12-6-8-14(16,9-7-12)10-11-18(2,3)4/h12,16H,5-9H2,1-4H3. The summed E-state index contributed by atoms with van der Waals surface area (Å²) in [6.07, 6.45) is 2.51. The summed E-state index contributed by atoms with van der Waals surface area (Å²) >= 11 is 0. The Bertz CT molecular complexity index is 351. The zero-order valence-corrected chi connectivity index (χ0v) is 12.9. The molecule has 0 aromatic rings. The fraction of sp³-hybridized carbons (Fsp3) is 0.786. The van der Waals surface area contributed by atoms with Gasteiger partial charge in [-0.1, -0.05) is 25.6 Å². The van der Waals surface area contributed by atoms with Crippen LogP contribution in [0, 0.1) is 17.4 Å². The van der Waals surface area contributed by atoms with Crippen LogP contribution in [0.5, 0.6) is 0 Å². The van der Waals surface area contributed by atoms with Gasteiger partial charge in [-0.25, -0.2) is 0 Å². The molecule has 0 aromatic heterocycles.